The van der Waals surface area contributed by atoms with Gasteiger partial charge in [-0.2, -0.15) is 4.98 Å². The summed E-state index contributed by atoms with van der Waals surface area (Å²) in [5.41, 5.74) is 2.04. The van der Waals surface area contributed by atoms with Gasteiger partial charge in [-0.15, -0.1) is 0 Å². The molecule has 0 saturated heterocycles. The highest BCUT2D eigenvalue weighted by atomic mass is 16.1. The average molecular weight is 430 g/mol. The Bertz CT molecular complexity index is 961. The van der Waals surface area contributed by atoms with Gasteiger partial charge in [0.15, 0.2) is 0 Å². The molecule has 1 aliphatic carbocycles. The van der Waals surface area contributed by atoms with Crippen molar-refractivity contribution in [3.05, 3.63) is 84.1 Å². The molecule has 0 spiro atoms. The molecular weight excluding hydrogens is 398 g/mol. The van der Waals surface area contributed by atoms with Crippen molar-refractivity contribution in [1.29, 1.82) is 0 Å². The normalized spacial score (nSPS) is 18.2. The van der Waals surface area contributed by atoms with Gasteiger partial charge in [-0.25, -0.2) is 4.98 Å². The summed E-state index contributed by atoms with van der Waals surface area (Å²) in [6, 6.07) is 22.4. The first-order valence-electron chi connectivity index (χ1n) is 11.3. The third kappa shape index (κ3) is 5.44. The molecular formula is C26H31N5O. The Morgan fingerprint density at radius 3 is 2.00 bits per heavy atom. The fourth-order valence-electron chi connectivity index (χ4n) is 4.30. The number of hydrogen-bond acceptors (Lipinski definition) is 5. The van der Waals surface area contributed by atoms with Crippen LogP contribution in [0.25, 0.3) is 0 Å². The zero-order chi connectivity index (χ0) is 22.3. The summed E-state index contributed by atoms with van der Waals surface area (Å²) in [4.78, 5) is 24.2. The second-order valence-electron chi connectivity index (χ2n) is 8.59. The minimum Gasteiger partial charge on any atom is -0.363 e. The predicted octanol–water partition coefficient (Wildman–Crippen LogP) is 4.21. The first kappa shape index (κ1) is 21.8. The molecule has 1 aliphatic rings. The van der Waals surface area contributed by atoms with E-state index in [1.54, 1.807) is 6.20 Å². The number of carbonyl (C=O) groups is 1. The van der Waals surface area contributed by atoms with Gasteiger partial charge in [0.1, 0.15) is 5.82 Å². The zero-order valence-corrected chi connectivity index (χ0v) is 18.7. The summed E-state index contributed by atoms with van der Waals surface area (Å²) in [6.45, 7) is 0. The second-order valence-corrected chi connectivity index (χ2v) is 8.59. The molecule has 3 aromatic rings. The van der Waals surface area contributed by atoms with Crippen LogP contribution in [0.1, 0.15) is 42.7 Å². The number of benzene rings is 2. The van der Waals surface area contributed by atoms with Crippen LogP contribution in [-0.2, 0) is 4.79 Å². The Morgan fingerprint density at radius 2 is 1.44 bits per heavy atom. The van der Waals surface area contributed by atoms with E-state index in [1.165, 1.54) is 0 Å². The van der Waals surface area contributed by atoms with Gasteiger partial charge in [0.25, 0.3) is 0 Å². The lowest BCUT2D eigenvalue weighted by Gasteiger charge is -2.31. The lowest BCUT2D eigenvalue weighted by molar-refractivity contribution is -0.122. The van der Waals surface area contributed by atoms with Gasteiger partial charge in [-0.05, 0) is 42.9 Å². The summed E-state index contributed by atoms with van der Waals surface area (Å²) in [7, 11) is 3.94. The molecule has 0 radical (unpaired) electrons. The Morgan fingerprint density at radius 1 is 0.875 bits per heavy atom. The molecule has 166 valence electrons. The van der Waals surface area contributed by atoms with Crippen molar-refractivity contribution in [2.45, 2.75) is 43.7 Å². The Kier molecular flexibility index (Phi) is 7.00. The van der Waals surface area contributed by atoms with Crippen molar-refractivity contribution in [1.82, 2.24) is 15.3 Å². The zero-order valence-electron chi connectivity index (χ0n) is 18.7. The summed E-state index contributed by atoms with van der Waals surface area (Å²) in [6.07, 6.45) is 5.60. The van der Waals surface area contributed by atoms with E-state index in [4.69, 9.17) is 0 Å². The molecule has 1 aromatic heterocycles. The standard InChI is InChI=1S/C26H31N5O/c1-31(2)23-17-18-27-26(30-23)29-22-15-13-21(14-16-22)28-25(32)24(19-9-5-3-6-10-19)20-11-7-4-8-12-20/h3-12,17-18,21-22,24H,13-16H2,1-2H3,(H,28,32)(H,27,29,30)/t21-,22+. The maximum atomic E-state index is 13.3. The van der Waals surface area contributed by atoms with Crippen LogP contribution in [0.5, 0.6) is 0 Å². The van der Waals surface area contributed by atoms with Crippen molar-refractivity contribution in [3.63, 3.8) is 0 Å². The SMILES string of the molecule is CN(C)c1ccnc(N[C@H]2CC[C@@H](NC(=O)C(c3ccccc3)c3ccccc3)CC2)n1. The number of nitrogens with one attached hydrogen (secondary N) is 2. The lowest BCUT2D eigenvalue weighted by atomic mass is 9.88. The van der Waals surface area contributed by atoms with Crippen LogP contribution >= 0.6 is 0 Å². The summed E-state index contributed by atoms with van der Waals surface area (Å²) in [5, 5.41) is 6.78. The number of aromatic nitrogens is 2. The van der Waals surface area contributed by atoms with E-state index in [0.29, 0.717) is 12.0 Å². The van der Waals surface area contributed by atoms with E-state index in [-0.39, 0.29) is 17.9 Å². The Hall–Kier alpha value is -3.41. The van der Waals surface area contributed by atoms with Crippen LogP contribution in [0, 0.1) is 0 Å². The number of anilines is 2. The minimum atomic E-state index is -0.296. The van der Waals surface area contributed by atoms with Crippen LogP contribution in [0.4, 0.5) is 11.8 Å². The molecule has 0 atom stereocenters. The average Bonchev–Trinajstić information content (AvgIpc) is 2.82. The number of carbonyl (C=O) groups excluding carboxylic acids is 1. The number of amides is 1. The molecule has 1 saturated carbocycles. The fraction of sp³-hybridized carbons (Fsp3) is 0.346. The van der Waals surface area contributed by atoms with Crippen molar-refractivity contribution in [3.8, 4) is 0 Å². The molecule has 1 fully saturated rings. The first-order valence-corrected chi connectivity index (χ1v) is 11.3. The van der Waals surface area contributed by atoms with E-state index in [1.807, 2.05) is 85.7 Å². The molecule has 0 aliphatic heterocycles. The van der Waals surface area contributed by atoms with Crippen molar-refractivity contribution >= 4 is 17.7 Å². The Balaban J connectivity index is 1.36. The van der Waals surface area contributed by atoms with E-state index in [0.717, 1.165) is 42.6 Å². The van der Waals surface area contributed by atoms with Crippen LogP contribution < -0.4 is 15.5 Å². The van der Waals surface area contributed by atoms with Crippen LogP contribution in [0.2, 0.25) is 0 Å². The highest BCUT2D eigenvalue weighted by Crippen LogP contribution is 2.27. The number of nitrogens with zero attached hydrogens (tertiary/aromatic N) is 3. The first-order chi connectivity index (χ1) is 15.6. The van der Waals surface area contributed by atoms with E-state index in [9.17, 15) is 4.79 Å². The van der Waals surface area contributed by atoms with E-state index >= 15 is 0 Å². The maximum Gasteiger partial charge on any atom is 0.232 e. The molecule has 6 nitrogen and oxygen atoms in total. The summed E-state index contributed by atoms with van der Waals surface area (Å²) >= 11 is 0. The van der Waals surface area contributed by atoms with Crippen LogP contribution in [0.15, 0.2) is 72.9 Å². The van der Waals surface area contributed by atoms with Gasteiger partial charge >= 0.3 is 0 Å². The smallest absolute Gasteiger partial charge is 0.232 e. The molecule has 1 amide bonds. The van der Waals surface area contributed by atoms with Crippen LogP contribution in [0.3, 0.4) is 0 Å². The van der Waals surface area contributed by atoms with Gasteiger partial charge in [-0.1, -0.05) is 60.7 Å². The summed E-state index contributed by atoms with van der Waals surface area (Å²) < 4.78 is 0. The molecule has 0 bridgehead atoms. The fourth-order valence-corrected chi connectivity index (χ4v) is 4.30. The molecule has 32 heavy (non-hydrogen) atoms. The number of rotatable bonds is 7. The summed E-state index contributed by atoms with van der Waals surface area (Å²) in [5.74, 6) is 1.32. The third-order valence-corrected chi connectivity index (χ3v) is 6.03. The van der Waals surface area contributed by atoms with E-state index < -0.39 is 0 Å². The second kappa shape index (κ2) is 10.3. The lowest BCUT2D eigenvalue weighted by Crippen LogP contribution is -2.42. The monoisotopic (exact) mass is 429 g/mol. The highest BCUT2D eigenvalue weighted by Gasteiger charge is 2.27. The third-order valence-electron chi connectivity index (χ3n) is 6.03. The van der Waals surface area contributed by atoms with Gasteiger partial charge in [0.2, 0.25) is 11.9 Å². The van der Waals surface area contributed by atoms with Crippen molar-refractivity contribution in [2.75, 3.05) is 24.3 Å². The molecule has 6 heteroatoms. The minimum absolute atomic E-state index is 0.0702. The van der Waals surface area contributed by atoms with Gasteiger partial charge in [-0.3, -0.25) is 4.79 Å². The van der Waals surface area contributed by atoms with Crippen molar-refractivity contribution in [2.24, 2.45) is 0 Å². The van der Waals surface area contributed by atoms with E-state index in [2.05, 4.69) is 20.6 Å². The molecule has 2 N–H and O–H groups in total. The predicted molar refractivity (Wildman–Crippen MR) is 129 cm³/mol. The Labute approximate surface area is 190 Å². The quantitative estimate of drug-likeness (QED) is 0.589. The maximum absolute atomic E-state index is 13.3. The highest BCUT2D eigenvalue weighted by molar-refractivity contribution is 5.87. The molecule has 4 rings (SSSR count). The largest absolute Gasteiger partial charge is 0.363 e. The van der Waals surface area contributed by atoms with Crippen molar-refractivity contribution < 1.29 is 4.79 Å². The van der Waals surface area contributed by atoms with Gasteiger partial charge < -0.3 is 15.5 Å². The molecule has 2 aromatic carbocycles. The molecule has 1 heterocycles. The number of hydrogen-bond donors (Lipinski definition) is 2. The molecule has 0 unspecified atom stereocenters. The van der Waals surface area contributed by atoms with Gasteiger partial charge in [0, 0.05) is 32.4 Å². The van der Waals surface area contributed by atoms with Crippen LogP contribution in [-0.4, -0.2) is 42.1 Å². The van der Waals surface area contributed by atoms with Gasteiger partial charge in [0.05, 0.1) is 5.92 Å². The topological polar surface area (TPSA) is 70.2 Å².